The van der Waals surface area contributed by atoms with Crippen molar-refractivity contribution in [1.29, 1.82) is 0 Å². The quantitative estimate of drug-likeness (QED) is 0.388. The number of likely N-dealkylation sites (tertiary alicyclic amines) is 1. The molecule has 1 N–H and O–H groups in total. The lowest BCUT2D eigenvalue weighted by atomic mass is 9.77. The van der Waals surface area contributed by atoms with Crippen LogP contribution >= 0.6 is 0 Å². The van der Waals surface area contributed by atoms with Crippen LogP contribution in [0.15, 0.2) is 54.6 Å². The Morgan fingerprint density at radius 3 is 2.39 bits per heavy atom. The van der Waals surface area contributed by atoms with Gasteiger partial charge in [-0.15, -0.1) is 0 Å². The van der Waals surface area contributed by atoms with Gasteiger partial charge in [0, 0.05) is 25.6 Å². The van der Waals surface area contributed by atoms with E-state index in [1.54, 1.807) is 29.0 Å². The summed E-state index contributed by atoms with van der Waals surface area (Å²) in [7, 11) is 1.71. The third-order valence-corrected chi connectivity index (χ3v) is 10.5. The fourth-order valence-electron chi connectivity index (χ4n) is 7.60. The number of nitrogens with zero attached hydrogens (tertiary/aromatic N) is 3. The summed E-state index contributed by atoms with van der Waals surface area (Å²) in [5.74, 6) is -3.65. The van der Waals surface area contributed by atoms with Gasteiger partial charge in [-0.25, -0.2) is 0 Å². The summed E-state index contributed by atoms with van der Waals surface area (Å²) in [6.45, 7) is 11.6. The first-order valence-corrected chi connectivity index (χ1v) is 16.6. The predicted molar refractivity (Wildman–Crippen MR) is 172 cm³/mol. The molecule has 4 aliphatic rings. The maximum atomic E-state index is 14.8. The molecule has 1 aromatic rings. The number of allylic oxidation sites excluding steroid dienone is 1. The lowest BCUT2D eigenvalue weighted by Gasteiger charge is -2.43. The summed E-state index contributed by atoms with van der Waals surface area (Å²) in [5, 5.41) is 10.7. The van der Waals surface area contributed by atoms with Crippen molar-refractivity contribution < 1.29 is 33.8 Å². The molecule has 1 aromatic carbocycles. The highest BCUT2D eigenvalue weighted by Crippen LogP contribution is 2.54. The molecule has 4 aliphatic heterocycles. The molecule has 0 saturated carbocycles. The molecule has 10 nitrogen and oxygen atoms in total. The lowest BCUT2D eigenvalue weighted by molar-refractivity contribution is -0.165. The fraction of sp³-hybridized carbons (Fsp3) is 0.611. The van der Waals surface area contributed by atoms with Gasteiger partial charge in [0.2, 0.25) is 17.7 Å². The first kappa shape index (κ1) is 33.9. The van der Waals surface area contributed by atoms with E-state index in [4.69, 9.17) is 9.47 Å². The average molecular weight is 636 g/mol. The van der Waals surface area contributed by atoms with Crippen molar-refractivity contribution in [3.8, 4) is 0 Å². The first-order valence-electron chi connectivity index (χ1n) is 16.6. The number of rotatable bonds is 5. The fourth-order valence-corrected chi connectivity index (χ4v) is 7.60. The van der Waals surface area contributed by atoms with Gasteiger partial charge in [0.05, 0.1) is 30.7 Å². The molecule has 0 aliphatic carbocycles. The van der Waals surface area contributed by atoms with E-state index < -0.39 is 65.2 Å². The number of fused-ring (bicyclic) bond motifs is 2. The third kappa shape index (κ3) is 5.68. The molecule has 5 rings (SSSR count). The molecule has 0 radical (unpaired) electrons. The van der Waals surface area contributed by atoms with Crippen molar-refractivity contribution in [3.05, 3.63) is 60.2 Å². The number of hydrogen-bond acceptors (Lipinski definition) is 7. The topological polar surface area (TPSA) is 117 Å². The Morgan fingerprint density at radius 1 is 1.07 bits per heavy atom. The zero-order chi connectivity index (χ0) is 33.6. The van der Waals surface area contributed by atoms with Crippen molar-refractivity contribution >= 4 is 23.7 Å². The standard InChI is InChI=1S/C36H49N3O7/c1-8-22(2)25(21-40)39-31-33(43)38(35(4,5)6)20-14-19-36(31)29(32(39)42)28-26(46-36)17-12-13-18-27(41)37(7)23(3)30(45-34(28)44)24-15-10-9-11-16-24/h9-12,14-17,19,22-23,25-26,28-31,40H,8,13,18,20-21H2,1-7H3/b17-12-/t22-,23+,25-,26+,28-,29-,30-,31+,36-/m0/s1. The van der Waals surface area contributed by atoms with Crippen LogP contribution in [-0.4, -0.2) is 99.1 Å². The summed E-state index contributed by atoms with van der Waals surface area (Å²) >= 11 is 0. The predicted octanol–water partition coefficient (Wildman–Crippen LogP) is 3.65. The molecule has 2 saturated heterocycles. The SMILES string of the molecule is CC[C@H](C)[C@H](CO)N1C(=O)[C@@H]2[C@H]3C(=O)O[C@H](c4ccccc4)[C@@H](C)N(C)C(=O)CC/C=C\[C@H]3O[C@@]23C=CCN(C(C)(C)C)C(=O)[C@@H]13. The third-order valence-electron chi connectivity index (χ3n) is 10.5. The number of amides is 3. The van der Waals surface area contributed by atoms with Gasteiger partial charge in [0.25, 0.3) is 0 Å². The smallest absolute Gasteiger partial charge is 0.313 e. The van der Waals surface area contributed by atoms with Gasteiger partial charge < -0.3 is 29.3 Å². The Balaban J connectivity index is 1.66. The molecule has 0 aromatic heterocycles. The molecule has 10 heteroatoms. The summed E-state index contributed by atoms with van der Waals surface area (Å²) in [4.78, 5) is 61.9. The highest BCUT2D eigenvalue weighted by Gasteiger charge is 2.73. The number of esters is 1. The minimum absolute atomic E-state index is 0.0837. The molecular formula is C36H49N3O7. The molecule has 4 heterocycles. The number of carbonyl (C=O) groups is 4. The molecule has 0 unspecified atom stereocenters. The summed E-state index contributed by atoms with van der Waals surface area (Å²) in [5.41, 5.74) is -1.30. The van der Waals surface area contributed by atoms with Gasteiger partial charge in [-0.1, -0.05) is 74.9 Å². The maximum absolute atomic E-state index is 14.8. The zero-order valence-corrected chi connectivity index (χ0v) is 28.1. The van der Waals surface area contributed by atoms with E-state index in [9.17, 15) is 24.3 Å². The Hall–Kier alpha value is -3.50. The van der Waals surface area contributed by atoms with Crippen molar-refractivity contribution in [2.45, 2.75) is 102 Å². The molecule has 46 heavy (non-hydrogen) atoms. The summed E-state index contributed by atoms with van der Waals surface area (Å²) in [6, 6.07) is 7.04. The lowest BCUT2D eigenvalue weighted by Crippen LogP contribution is -2.61. The van der Waals surface area contributed by atoms with Crippen molar-refractivity contribution in [1.82, 2.24) is 14.7 Å². The van der Waals surface area contributed by atoms with Gasteiger partial charge in [0.1, 0.15) is 23.7 Å². The number of cyclic esters (lactones) is 1. The molecule has 0 bridgehead atoms. The summed E-state index contributed by atoms with van der Waals surface area (Å²) in [6.07, 6.45) is 6.87. The normalized spacial score (nSPS) is 34.1. The average Bonchev–Trinajstić information content (AvgIpc) is 3.41. The van der Waals surface area contributed by atoms with E-state index in [-0.39, 0.29) is 30.8 Å². The minimum Gasteiger partial charge on any atom is -0.455 e. The van der Waals surface area contributed by atoms with Crippen molar-refractivity contribution in [2.75, 3.05) is 20.2 Å². The van der Waals surface area contributed by atoms with Gasteiger partial charge in [-0.2, -0.15) is 0 Å². The van der Waals surface area contributed by atoms with Crippen LogP contribution in [-0.2, 0) is 28.7 Å². The van der Waals surface area contributed by atoms with Crippen LogP contribution in [0, 0.1) is 17.8 Å². The highest BCUT2D eigenvalue weighted by molar-refractivity contribution is 5.99. The van der Waals surface area contributed by atoms with Gasteiger partial charge in [-0.3, -0.25) is 19.2 Å². The van der Waals surface area contributed by atoms with E-state index in [1.807, 2.05) is 84.0 Å². The van der Waals surface area contributed by atoms with Gasteiger partial charge in [-0.05, 0) is 45.6 Å². The zero-order valence-electron chi connectivity index (χ0n) is 28.1. The Kier molecular flexibility index (Phi) is 9.53. The monoisotopic (exact) mass is 635 g/mol. The largest absolute Gasteiger partial charge is 0.455 e. The molecule has 250 valence electrons. The number of ether oxygens (including phenoxy) is 2. The van der Waals surface area contributed by atoms with E-state index in [1.165, 1.54) is 4.90 Å². The second-order valence-electron chi connectivity index (χ2n) is 14.2. The Bertz CT molecular complexity index is 1390. The number of carbonyl (C=O) groups excluding carboxylic acids is 4. The Morgan fingerprint density at radius 2 is 1.76 bits per heavy atom. The van der Waals surface area contributed by atoms with Crippen LogP contribution in [0.2, 0.25) is 0 Å². The van der Waals surface area contributed by atoms with Crippen LogP contribution in [0.25, 0.3) is 0 Å². The molecule has 9 atom stereocenters. The van der Waals surface area contributed by atoms with E-state index in [0.29, 0.717) is 19.4 Å². The summed E-state index contributed by atoms with van der Waals surface area (Å²) < 4.78 is 13.2. The molecular weight excluding hydrogens is 586 g/mol. The molecule has 3 amide bonds. The highest BCUT2D eigenvalue weighted by atomic mass is 16.6. The van der Waals surface area contributed by atoms with Crippen LogP contribution in [0.3, 0.4) is 0 Å². The number of aliphatic hydroxyl groups is 1. The molecule has 2 fully saturated rings. The number of aliphatic hydroxyl groups excluding tert-OH is 1. The minimum atomic E-state index is -1.46. The number of likely N-dealkylation sites (N-methyl/N-ethyl adjacent to an activating group) is 1. The van der Waals surface area contributed by atoms with Crippen molar-refractivity contribution in [3.63, 3.8) is 0 Å². The van der Waals surface area contributed by atoms with E-state index >= 15 is 0 Å². The van der Waals surface area contributed by atoms with Gasteiger partial charge >= 0.3 is 5.97 Å². The van der Waals surface area contributed by atoms with Crippen LogP contribution < -0.4 is 0 Å². The van der Waals surface area contributed by atoms with E-state index in [0.717, 1.165) is 5.56 Å². The van der Waals surface area contributed by atoms with Crippen LogP contribution in [0.1, 0.15) is 72.5 Å². The van der Waals surface area contributed by atoms with Crippen LogP contribution in [0.5, 0.6) is 0 Å². The Labute approximate surface area is 272 Å². The van der Waals surface area contributed by atoms with Crippen molar-refractivity contribution in [2.24, 2.45) is 17.8 Å². The molecule has 1 spiro atoms. The first-order chi connectivity index (χ1) is 21.8. The van der Waals surface area contributed by atoms with Gasteiger partial charge in [0.15, 0.2) is 0 Å². The second kappa shape index (κ2) is 13.0. The number of hydrogen-bond donors (Lipinski definition) is 1. The van der Waals surface area contributed by atoms with Crippen LogP contribution in [0.4, 0.5) is 0 Å². The second-order valence-corrected chi connectivity index (χ2v) is 14.2. The number of benzene rings is 1. The van der Waals surface area contributed by atoms with E-state index in [2.05, 4.69) is 0 Å². The maximum Gasteiger partial charge on any atom is 0.313 e.